The first-order valence-electron chi connectivity index (χ1n) is 7.86. The Morgan fingerprint density at radius 1 is 1.18 bits per heavy atom. The number of hydrogen-bond acceptors (Lipinski definition) is 6. The molecule has 0 saturated carbocycles. The molecule has 2 rings (SSSR count). The SMILES string of the molecule is CC1(C)O[C@@H]2[C@H](O1)[C@@H](O[Si](C)(C)C(C)(C)C)O[C@@H]2[C@@H](O)CO. The zero-order valence-corrected chi connectivity index (χ0v) is 15.6. The summed E-state index contributed by atoms with van der Waals surface area (Å²) < 4.78 is 24.0. The maximum atomic E-state index is 10.00. The second kappa shape index (κ2) is 5.80. The summed E-state index contributed by atoms with van der Waals surface area (Å²) >= 11 is 0. The molecule has 0 bridgehead atoms. The minimum absolute atomic E-state index is 0.0362. The lowest BCUT2D eigenvalue weighted by atomic mass is 10.1. The van der Waals surface area contributed by atoms with Crippen LogP contribution in [0.5, 0.6) is 0 Å². The van der Waals surface area contributed by atoms with Gasteiger partial charge in [-0.2, -0.15) is 0 Å². The Morgan fingerprint density at radius 3 is 2.23 bits per heavy atom. The van der Waals surface area contributed by atoms with E-state index in [2.05, 4.69) is 33.9 Å². The van der Waals surface area contributed by atoms with Crippen molar-refractivity contribution in [3.05, 3.63) is 0 Å². The van der Waals surface area contributed by atoms with Crippen LogP contribution in [0.1, 0.15) is 34.6 Å². The highest BCUT2D eigenvalue weighted by molar-refractivity contribution is 6.74. The van der Waals surface area contributed by atoms with Gasteiger partial charge in [-0.05, 0) is 32.0 Å². The molecule has 0 aromatic heterocycles. The average Bonchev–Trinajstić information content (AvgIpc) is 2.81. The van der Waals surface area contributed by atoms with E-state index < -0.39 is 44.8 Å². The van der Waals surface area contributed by atoms with E-state index in [9.17, 15) is 10.2 Å². The maximum absolute atomic E-state index is 10.00. The van der Waals surface area contributed by atoms with Gasteiger partial charge in [0.1, 0.15) is 24.4 Å². The Kier molecular flexibility index (Phi) is 4.83. The predicted octanol–water partition coefficient (Wildman–Crippen LogP) is 1.61. The van der Waals surface area contributed by atoms with Crippen molar-refractivity contribution in [3.8, 4) is 0 Å². The van der Waals surface area contributed by atoms with Gasteiger partial charge in [-0.15, -0.1) is 0 Å². The zero-order chi connectivity index (χ0) is 16.9. The van der Waals surface area contributed by atoms with Crippen LogP contribution in [0, 0.1) is 0 Å². The molecule has 2 fully saturated rings. The molecule has 22 heavy (non-hydrogen) atoms. The molecule has 6 nitrogen and oxygen atoms in total. The summed E-state index contributed by atoms with van der Waals surface area (Å²) in [5, 5.41) is 19.3. The van der Waals surface area contributed by atoms with E-state index in [0.717, 1.165) is 0 Å². The van der Waals surface area contributed by atoms with Crippen LogP contribution >= 0.6 is 0 Å². The molecule has 7 heteroatoms. The Balaban J connectivity index is 2.19. The normalized spacial score (nSPS) is 36.4. The van der Waals surface area contributed by atoms with Crippen molar-refractivity contribution in [2.75, 3.05) is 6.61 Å². The lowest BCUT2D eigenvalue weighted by Crippen LogP contribution is -2.47. The topological polar surface area (TPSA) is 77.4 Å². The summed E-state index contributed by atoms with van der Waals surface area (Å²) in [5.41, 5.74) is 0. The van der Waals surface area contributed by atoms with Crippen LogP contribution in [0.25, 0.3) is 0 Å². The molecule has 130 valence electrons. The summed E-state index contributed by atoms with van der Waals surface area (Å²) in [5.74, 6) is -0.748. The highest BCUT2D eigenvalue weighted by atomic mass is 28.4. The second-order valence-electron chi connectivity index (χ2n) is 8.16. The summed E-state index contributed by atoms with van der Waals surface area (Å²) in [4.78, 5) is 0. The van der Waals surface area contributed by atoms with Crippen molar-refractivity contribution in [3.63, 3.8) is 0 Å². The van der Waals surface area contributed by atoms with Crippen molar-refractivity contribution in [1.29, 1.82) is 0 Å². The molecule has 2 heterocycles. The molecule has 2 aliphatic heterocycles. The molecule has 0 amide bonds. The fourth-order valence-corrected chi connectivity index (χ4v) is 3.69. The maximum Gasteiger partial charge on any atom is 0.195 e. The van der Waals surface area contributed by atoms with E-state index in [0.29, 0.717) is 0 Å². The first-order chi connectivity index (χ1) is 9.88. The van der Waals surface area contributed by atoms with E-state index in [-0.39, 0.29) is 11.6 Å². The molecule has 0 unspecified atom stereocenters. The van der Waals surface area contributed by atoms with Crippen molar-refractivity contribution < 1.29 is 28.8 Å². The summed E-state index contributed by atoms with van der Waals surface area (Å²) in [6.45, 7) is 14.0. The molecule has 2 aliphatic rings. The van der Waals surface area contributed by atoms with Crippen molar-refractivity contribution in [2.24, 2.45) is 0 Å². The molecule has 0 aromatic carbocycles. The molecular weight excluding hydrogens is 304 g/mol. The number of aliphatic hydroxyl groups is 2. The summed E-state index contributed by atoms with van der Waals surface area (Å²) in [6, 6.07) is 0. The third-order valence-electron chi connectivity index (χ3n) is 4.83. The van der Waals surface area contributed by atoms with E-state index in [1.807, 2.05) is 13.8 Å². The molecule has 0 radical (unpaired) electrons. The highest BCUT2D eigenvalue weighted by Crippen LogP contribution is 2.44. The molecule has 2 saturated heterocycles. The Labute approximate surface area is 133 Å². The first kappa shape index (κ1) is 18.3. The van der Waals surface area contributed by atoms with Gasteiger partial charge < -0.3 is 28.8 Å². The van der Waals surface area contributed by atoms with E-state index in [1.54, 1.807) is 0 Å². The van der Waals surface area contributed by atoms with Gasteiger partial charge in [0.05, 0.1) is 6.61 Å². The van der Waals surface area contributed by atoms with Gasteiger partial charge in [-0.1, -0.05) is 20.8 Å². The Bertz CT molecular complexity index is 405. The fourth-order valence-electron chi connectivity index (χ4n) is 2.57. The molecule has 2 N–H and O–H groups in total. The highest BCUT2D eigenvalue weighted by Gasteiger charge is 2.59. The second-order valence-corrected chi connectivity index (χ2v) is 12.9. The van der Waals surface area contributed by atoms with Gasteiger partial charge in [-0.3, -0.25) is 0 Å². The van der Waals surface area contributed by atoms with Gasteiger partial charge in [-0.25, -0.2) is 0 Å². The molecule has 0 spiro atoms. The van der Waals surface area contributed by atoms with Gasteiger partial charge in [0.15, 0.2) is 20.4 Å². The van der Waals surface area contributed by atoms with Crippen LogP contribution in [0.4, 0.5) is 0 Å². The minimum atomic E-state index is -2.06. The van der Waals surface area contributed by atoms with Crippen molar-refractivity contribution in [1.82, 2.24) is 0 Å². The van der Waals surface area contributed by atoms with Crippen LogP contribution < -0.4 is 0 Å². The van der Waals surface area contributed by atoms with Crippen LogP contribution in [0.3, 0.4) is 0 Å². The molecule has 0 aliphatic carbocycles. The smallest absolute Gasteiger partial charge is 0.195 e. The molecular formula is C15H30O6Si. The summed E-state index contributed by atoms with van der Waals surface area (Å²) in [6.07, 6.45) is -3.08. The lowest BCUT2D eigenvalue weighted by Gasteiger charge is -2.39. The van der Waals surface area contributed by atoms with Crippen LogP contribution in [0.15, 0.2) is 0 Å². The van der Waals surface area contributed by atoms with Crippen LogP contribution in [0.2, 0.25) is 18.1 Å². The van der Waals surface area contributed by atoms with Gasteiger partial charge >= 0.3 is 0 Å². The lowest BCUT2D eigenvalue weighted by molar-refractivity contribution is -0.228. The van der Waals surface area contributed by atoms with Gasteiger partial charge in [0, 0.05) is 0 Å². The predicted molar refractivity (Wildman–Crippen MR) is 83.9 cm³/mol. The molecule has 0 aromatic rings. The number of fused-ring (bicyclic) bond motifs is 1. The van der Waals surface area contributed by atoms with E-state index in [4.69, 9.17) is 18.6 Å². The van der Waals surface area contributed by atoms with E-state index >= 15 is 0 Å². The van der Waals surface area contributed by atoms with Crippen LogP contribution in [-0.2, 0) is 18.6 Å². The number of aliphatic hydroxyl groups excluding tert-OH is 2. The quantitative estimate of drug-likeness (QED) is 0.761. The van der Waals surface area contributed by atoms with Gasteiger partial charge in [0.25, 0.3) is 0 Å². The zero-order valence-electron chi connectivity index (χ0n) is 14.6. The third-order valence-corrected chi connectivity index (χ3v) is 9.26. The molecule has 5 atom stereocenters. The number of rotatable bonds is 4. The van der Waals surface area contributed by atoms with Crippen LogP contribution in [-0.4, -0.2) is 61.6 Å². The van der Waals surface area contributed by atoms with Gasteiger partial charge in [0.2, 0.25) is 0 Å². The van der Waals surface area contributed by atoms with Crippen molar-refractivity contribution >= 4 is 8.32 Å². The standard InChI is InChI=1S/C15H30O6Si/c1-14(2,3)22(6,7)21-13-12-11(19-15(4,5)20-12)10(18-13)9(17)8-16/h9-13,16-17H,8H2,1-7H3/t9-,10+,11-,12-,13+/m0/s1. The number of hydrogen-bond donors (Lipinski definition) is 2. The minimum Gasteiger partial charge on any atom is -0.394 e. The fraction of sp³-hybridized carbons (Fsp3) is 1.00. The number of ether oxygens (including phenoxy) is 3. The average molecular weight is 334 g/mol. The summed E-state index contributed by atoms with van der Waals surface area (Å²) in [7, 11) is -2.06. The van der Waals surface area contributed by atoms with E-state index in [1.165, 1.54) is 0 Å². The monoisotopic (exact) mass is 334 g/mol. The Morgan fingerprint density at radius 2 is 1.73 bits per heavy atom. The third kappa shape index (κ3) is 3.40. The Hall–Kier alpha value is -0.0231. The largest absolute Gasteiger partial charge is 0.394 e. The first-order valence-corrected chi connectivity index (χ1v) is 10.8. The van der Waals surface area contributed by atoms with Crippen molar-refractivity contribution in [2.45, 2.75) is 89.2 Å².